The van der Waals surface area contributed by atoms with E-state index >= 15 is 0 Å². The van der Waals surface area contributed by atoms with E-state index in [1.54, 1.807) is 37.3 Å². The maximum atomic E-state index is 13.8. The predicted molar refractivity (Wildman–Crippen MR) is 154 cm³/mol. The Labute approximate surface area is 230 Å². The molecule has 0 saturated heterocycles. The largest absolute Gasteiger partial charge is 0.497 e. The van der Waals surface area contributed by atoms with Crippen molar-refractivity contribution in [3.63, 3.8) is 0 Å². The third-order valence-electron chi connectivity index (χ3n) is 6.89. The van der Waals surface area contributed by atoms with Gasteiger partial charge < -0.3 is 24.3 Å². The Kier molecular flexibility index (Phi) is 9.62. The first-order valence-electron chi connectivity index (χ1n) is 13.4. The van der Waals surface area contributed by atoms with Crippen molar-refractivity contribution >= 4 is 22.7 Å². The van der Waals surface area contributed by atoms with Crippen molar-refractivity contribution in [2.45, 2.75) is 32.7 Å². The first-order chi connectivity index (χ1) is 19.0. The summed E-state index contributed by atoms with van der Waals surface area (Å²) in [5.74, 6) is 0.760. The minimum Gasteiger partial charge on any atom is -0.497 e. The van der Waals surface area contributed by atoms with Crippen LogP contribution in [0, 0.1) is 0 Å². The number of amides is 2. The number of fused-ring (bicyclic) bond motifs is 1. The molecule has 1 heterocycles. The number of aromatic nitrogens is 1. The lowest BCUT2D eigenvalue weighted by Crippen LogP contribution is -2.43. The van der Waals surface area contributed by atoms with E-state index < -0.39 is 0 Å². The highest BCUT2D eigenvalue weighted by molar-refractivity contribution is 5.97. The zero-order valence-corrected chi connectivity index (χ0v) is 23.0. The van der Waals surface area contributed by atoms with E-state index in [0.717, 1.165) is 29.3 Å². The number of nitrogens with zero attached hydrogens (tertiary/aromatic N) is 2. The van der Waals surface area contributed by atoms with Crippen LogP contribution in [0.2, 0.25) is 0 Å². The average Bonchev–Trinajstić information content (AvgIpc) is 3.40. The van der Waals surface area contributed by atoms with Gasteiger partial charge in [-0.2, -0.15) is 0 Å². The molecule has 0 atom stereocenters. The third-order valence-corrected chi connectivity index (χ3v) is 6.89. The Morgan fingerprint density at radius 3 is 2.23 bits per heavy atom. The topological polar surface area (TPSA) is 74.9 Å². The molecule has 7 heteroatoms. The maximum absolute atomic E-state index is 13.8. The minimum absolute atomic E-state index is 0.000916. The van der Waals surface area contributed by atoms with Gasteiger partial charge in [0.05, 0.1) is 14.2 Å². The summed E-state index contributed by atoms with van der Waals surface area (Å²) in [6, 6.07) is 23.2. The van der Waals surface area contributed by atoms with E-state index in [9.17, 15) is 9.59 Å². The number of methoxy groups -OCH3 is 2. The molecule has 204 valence electrons. The Bertz CT molecular complexity index is 1360. The molecule has 1 N–H and O–H groups in total. The van der Waals surface area contributed by atoms with Gasteiger partial charge in [-0.25, -0.2) is 0 Å². The van der Waals surface area contributed by atoms with Crippen LogP contribution >= 0.6 is 0 Å². The van der Waals surface area contributed by atoms with Crippen LogP contribution in [0.15, 0.2) is 79.0 Å². The Hall–Kier alpha value is -4.26. The van der Waals surface area contributed by atoms with Crippen LogP contribution in [0.5, 0.6) is 11.5 Å². The van der Waals surface area contributed by atoms with Crippen LogP contribution in [0.4, 0.5) is 0 Å². The van der Waals surface area contributed by atoms with Crippen LogP contribution in [0.3, 0.4) is 0 Å². The lowest BCUT2D eigenvalue weighted by molar-refractivity contribution is -0.132. The van der Waals surface area contributed by atoms with Crippen molar-refractivity contribution in [3.05, 3.63) is 95.7 Å². The fourth-order valence-electron chi connectivity index (χ4n) is 4.67. The van der Waals surface area contributed by atoms with Gasteiger partial charge in [0.15, 0.2) is 0 Å². The quantitative estimate of drug-likeness (QED) is 0.242. The number of ether oxygens (including phenoxy) is 2. The van der Waals surface area contributed by atoms with Gasteiger partial charge in [-0.05, 0) is 42.2 Å². The van der Waals surface area contributed by atoms with Crippen molar-refractivity contribution < 1.29 is 19.1 Å². The molecule has 0 bridgehead atoms. The molecular formula is C32H37N3O4. The summed E-state index contributed by atoms with van der Waals surface area (Å²) in [5, 5.41) is 1.16. The van der Waals surface area contributed by atoms with Crippen LogP contribution < -0.4 is 9.47 Å². The molecule has 4 rings (SSSR count). The van der Waals surface area contributed by atoms with Gasteiger partial charge in [-0.1, -0.05) is 61.9 Å². The molecule has 7 nitrogen and oxygen atoms in total. The van der Waals surface area contributed by atoms with Gasteiger partial charge in [0.25, 0.3) is 5.91 Å². The number of unbranched alkanes of at least 4 members (excludes halogenated alkanes) is 1. The summed E-state index contributed by atoms with van der Waals surface area (Å²) < 4.78 is 10.7. The SMILES string of the molecule is CCCCN(CC(=O)N(CCc1c[nH]c2ccccc12)Cc1ccccc1)C(=O)c1cc(OC)cc(OC)c1. The highest BCUT2D eigenvalue weighted by Gasteiger charge is 2.23. The first-order valence-corrected chi connectivity index (χ1v) is 13.4. The molecule has 0 aliphatic rings. The monoisotopic (exact) mass is 527 g/mol. The zero-order valence-electron chi connectivity index (χ0n) is 23.0. The van der Waals surface area contributed by atoms with Crippen LogP contribution in [0.25, 0.3) is 10.9 Å². The van der Waals surface area contributed by atoms with Crippen molar-refractivity contribution in [2.75, 3.05) is 33.9 Å². The molecule has 0 radical (unpaired) electrons. The van der Waals surface area contributed by atoms with Crippen molar-refractivity contribution in [2.24, 2.45) is 0 Å². The summed E-state index contributed by atoms with van der Waals surface area (Å²) in [6.45, 7) is 3.58. The second kappa shape index (κ2) is 13.5. The fourth-order valence-corrected chi connectivity index (χ4v) is 4.67. The number of carbonyl (C=O) groups excluding carboxylic acids is 2. The van der Waals surface area contributed by atoms with Crippen LogP contribution in [0.1, 0.15) is 41.3 Å². The standard InChI is InChI=1S/C32H37N3O4/c1-4-5-16-35(32(37)26-18-27(38-2)20-28(19-26)39-3)23-31(36)34(22-24-11-7-6-8-12-24)17-15-25-21-33-30-14-10-9-13-29(25)30/h6-14,18-21,33H,4-5,15-17,22-23H2,1-3H3. The van der Waals surface area contributed by atoms with E-state index in [1.165, 1.54) is 5.56 Å². The number of benzene rings is 3. The summed E-state index contributed by atoms with van der Waals surface area (Å²) in [6.07, 6.45) is 4.43. The van der Waals surface area contributed by atoms with Gasteiger partial charge in [0.2, 0.25) is 5.91 Å². The Morgan fingerprint density at radius 1 is 0.846 bits per heavy atom. The minimum atomic E-state index is -0.217. The normalized spacial score (nSPS) is 10.8. The average molecular weight is 528 g/mol. The van der Waals surface area contributed by atoms with E-state index in [4.69, 9.17) is 9.47 Å². The fraction of sp³-hybridized carbons (Fsp3) is 0.312. The smallest absolute Gasteiger partial charge is 0.254 e. The van der Waals surface area contributed by atoms with E-state index in [0.29, 0.717) is 43.1 Å². The molecule has 4 aromatic rings. The first kappa shape index (κ1) is 27.8. The van der Waals surface area contributed by atoms with Gasteiger partial charge in [-0.3, -0.25) is 9.59 Å². The molecule has 0 saturated carbocycles. The number of rotatable bonds is 13. The zero-order chi connectivity index (χ0) is 27.6. The van der Waals surface area contributed by atoms with Crippen molar-refractivity contribution in [1.82, 2.24) is 14.8 Å². The second-order valence-electron chi connectivity index (χ2n) is 9.59. The Balaban J connectivity index is 1.56. The van der Waals surface area contributed by atoms with E-state index in [-0.39, 0.29) is 18.4 Å². The van der Waals surface area contributed by atoms with Gasteiger partial charge in [0, 0.05) is 48.4 Å². The third kappa shape index (κ3) is 7.19. The summed E-state index contributed by atoms with van der Waals surface area (Å²) in [7, 11) is 3.10. The Morgan fingerprint density at radius 2 is 1.54 bits per heavy atom. The van der Waals surface area contributed by atoms with Gasteiger partial charge >= 0.3 is 0 Å². The summed E-state index contributed by atoms with van der Waals surface area (Å²) in [5.41, 5.74) is 3.73. The number of hydrogen-bond donors (Lipinski definition) is 1. The number of nitrogens with one attached hydrogen (secondary N) is 1. The van der Waals surface area contributed by atoms with Crippen molar-refractivity contribution in [3.8, 4) is 11.5 Å². The molecule has 0 aliphatic heterocycles. The molecule has 0 fully saturated rings. The predicted octanol–water partition coefficient (Wildman–Crippen LogP) is 5.70. The number of hydrogen-bond acceptors (Lipinski definition) is 4. The molecule has 3 aromatic carbocycles. The van der Waals surface area contributed by atoms with Gasteiger partial charge in [-0.15, -0.1) is 0 Å². The molecular weight excluding hydrogens is 490 g/mol. The number of H-pyrrole nitrogens is 1. The highest BCUT2D eigenvalue weighted by atomic mass is 16.5. The highest BCUT2D eigenvalue weighted by Crippen LogP contribution is 2.24. The molecule has 2 amide bonds. The molecule has 0 unspecified atom stereocenters. The number of aromatic amines is 1. The summed E-state index contributed by atoms with van der Waals surface area (Å²) in [4.78, 5) is 34.3. The number of carbonyl (C=O) groups is 2. The van der Waals surface area contributed by atoms with Gasteiger partial charge in [0.1, 0.15) is 18.0 Å². The second-order valence-corrected chi connectivity index (χ2v) is 9.59. The lowest BCUT2D eigenvalue weighted by atomic mass is 10.1. The molecule has 0 spiro atoms. The van der Waals surface area contributed by atoms with Crippen LogP contribution in [-0.2, 0) is 17.8 Å². The van der Waals surface area contributed by atoms with E-state index in [1.807, 2.05) is 53.6 Å². The summed E-state index contributed by atoms with van der Waals surface area (Å²) >= 11 is 0. The maximum Gasteiger partial charge on any atom is 0.254 e. The molecule has 1 aromatic heterocycles. The lowest BCUT2D eigenvalue weighted by Gasteiger charge is -2.28. The van der Waals surface area contributed by atoms with E-state index in [2.05, 4.69) is 24.0 Å². The molecule has 39 heavy (non-hydrogen) atoms. The van der Waals surface area contributed by atoms with Crippen LogP contribution in [-0.4, -0.2) is 60.5 Å². The number of para-hydroxylation sites is 1. The van der Waals surface area contributed by atoms with Crippen molar-refractivity contribution in [1.29, 1.82) is 0 Å². The molecule has 0 aliphatic carbocycles.